The van der Waals surface area contributed by atoms with Gasteiger partial charge in [0.25, 0.3) is 0 Å². The first-order valence-electron chi connectivity index (χ1n) is 9.22. The largest absolute Gasteiger partial charge is 0.346 e. The van der Waals surface area contributed by atoms with Crippen LogP contribution in [0, 0.1) is 5.92 Å². The molecule has 0 radical (unpaired) electrons. The second-order valence-corrected chi connectivity index (χ2v) is 7.84. The van der Waals surface area contributed by atoms with Crippen LogP contribution in [0.15, 0.2) is 29.6 Å². The van der Waals surface area contributed by atoms with Crippen molar-refractivity contribution in [1.82, 2.24) is 19.9 Å². The highest BCUT2D eigenvalue weighted by atomic mass is 32.1. The van der Waals surface area contributed by atoms with E-state index in [2.05, 4.69) is 20.6 Å². The van der Waals surface area contributed by atoms with E-state index in [-0.39, 0.29) is 30.0 Å². The van der Waals surface area contributed by atoms with Crippen LogP contribution in [0.4, 0.5) is 13.9 Å². The average molecular weight is 419 g/mol. The fraction of sp³-hybridized carbons (Fsp3) is 0.368. The minimum Gasteiger partial charge on any atom is -0.346 e. The zero-order chi connectivity index (χ0) is 20.5. The number of halogens is 2. The number of imidazole rings is 1. The van der Waals surface area contributed by atoms with E-state index in [0.717, 1.165) is 17.4 Å². The lowest BCUT2D eigenvalue weighted by atomic mass is 10.2. The molecule has 1 aliphatic rings. The third-order valence-electron chi connectivity index (χ3n) is 4.65. The molecule has 3 aromatic rings. The molecule has 0 aliphatic heterocycles. The van der Waals surface area contributed by atoms with Gasteiger partial charge in [0.15, 0.2) is 5.13 Å². The van der Waals surface area contributed by atoms with Gasteiger partial charge in [0, 0.05) is 11.3 Å². The topological polar surface area (TPSA) is 88.9 Å². The molecule has 2 heterocycles. The number of fused-ring (bicyclic) bond motifs is 1. The Labute approximate surface area is 169 Å². The lowest BCUT2D eigenvalue weighted by molar-refractivity contribution is -0.121. The molecule has 10 heteroatoms. The quantitative estimate of drug-likeness (QED) is 0.612. The number of carbonyl (C=O) groups excluding carboxylic acids is 2. The maximum atomic E-state index is 13.6. The van der Waals surface area contributed by atoms with Crippen LogP contribution in [0.3, 0.4) is 0 Å². The Morgan fingerprint density at radius 2 is 2.03 bits per heavy atom. The zero-order valence-electron chi connectivity index (χ0n) is 15.6. The van der Waals surface area contributed by atoms with Crippen molar-refractivity contribution in [3.8, 4) is 0 Å². The number of thiazole rings is 1. The van der Waals surface area contributed by atoms with E-state index in [1.54, 1.807) is 36.6 Å². The fourth-order valence-corrected chi connectivity index (χ4v) is 3.81. The molecule has 1 unspecified atom stereocenters. The first-order chi connectivity index (χ1) is 13.9. The Morgan fingerprint density at radius 3 is 2.76 bits per heavy atom. The van der Waals surface area contributed by atoms with E-state index in [1.165, 1.54) is 11.3 Å². The van der Waals surface area contributed by atoms with Gasteiger partial charge in [-0.05, 0) is 31.9 Å². The van der Waals surface area contributed by atoms with E-state index in [9.17, 15) is 18.4 Å². The van der Waals surface area contributed by atoms with Gasteiger partial charge >= 0.3 is 6.55 Å². The highest BCUT2D eigenvalue weighted by Crippen LogP contribution is 2.31. The fourth-order valence-electron chi connectivity index (χ4n) is 3.09. The lowest BCUT2D eigenvalue weighted by Gasteiger charge is -2.15. The highest BCUT2D eigenvalue weighted by Gasteiger charge is 2.30. The molecule has 2 aromatic heterocycles. The van der Waals surface area contributed by atoms with Crippen LogP contribution >= 0.6 is 11.3 Å². The molecule has 1 aliphatic carbocycles. The summed E-state index contributed by atoms with van der Waals surface area (Å²) in [6.45, 7) is -1.16. The summed E-state index contributed by atoms with van der Waals surface area (Å²) in [4.78, 5) is 32.7. The van der Waals surface area contributed by atoms with Gasteiger partial charge in [0.1, 0.15) is 5.82 Å². The van der Waals surface area contributed by atoms with Crippen LogP contribution in [0.1, 0.15) is 43.9 Å². The van der Waals surface area contributed by atoms with Gasteiger partial charge in [0.2, 0.25) is 11.8 Å². The Kier molecular flexibility index (Phi) is 5.27. The third-order valence-corrected chi connectivity index (χ3v) is 5.46. The van der Waals surface area contributed by atoms with E-state index >= 15 is 0 Å². The lowest BCUT2D eigenvalue weighted by Crippen LogP contribution is -2.30. The molecule has 29 heavy (non-hydrogen) atoms. The van der Waals surface area contributed by atoms with Gasteiger partial charge in [-0.1, -0.05) is 12.1 Å². The van der Waals surface area contributed by atoms with Gasteiger partial charge in [0.05, 0.1) is 29.2 Å². The monoisotopic (exact) mass is 419 g/mol. The maximum Gasteiger partial charge on any atom is 0.320 e. The number of benzene rings is 1. The summed E-state index contributed by atoms with van der Waals surface area (Å²) in [7, 11) is 0. The molecule has 152 valence electrons. The van der Waals surface area contributed by atoms with Crippen molar-refractivity contribution >= 4 is 39.3 Å². The number of para-hydroxylation sites is 2. The summed E-state index contributed by atoms with van der Waals surface area (Å²) in [5.41, 5.74) is 1.27. The standard InChI is InChI=1S/C19H19F2N5O2S/c1-10(16-24-13-4-2-3-5-14(13)26(16)18(20)21)22-15(27)8-12-9-29-19(23-12)25-17(28)11-6-7-11/h2-5,9-11,18H,6-8H2,1H3,(H,22,27)(H,23,25,28). The second kappa shape index (κ2) is 7.86. The minimum absolute atomic E-state index is 0.0188. The predicted octanol–water partition coefficient (Wildman–Crippen LogP) is 3.66. The number of aromatic nitrogens is 3. The van der Waals surface area contributed by atoms with E-state index < -0.39 is 12.6 Å². The number of hydrogen-bond acceptors (Lipinski definition) is 5. The van der Waals surface area contributed by atoms with Crippen LogP contribution < -0.4 is 10.6 Å². The van der Waals surface area contributed by atoms with Crippen molar-refractivity contribution < 1.29 is 18.4 Å². The smallest absolute Gasteiger partial charge is 0.320 e. The Morgan fingerprint density at radius 1 is 1.28 bits per heavy atom. The van der Waals surface area contributed by atoms with E-state index in [0.29, 0.717) is 21.9 Å². The van der Waals surface area contributed by atoms with Crippen LogP contribution in [-0.2, 0) is 16.0 Å². The van der Waals surface area contributed by atoms with Crippen molar-refractivity contribution in [2.24, 2.45) is 5.92 Å². The van der Waals surface area contributed by atoms with Crippen molar-refractivity contribution in [1.29, 1.82) is 0 Å². The van der Waals surface area contributed by atoms with E-state index in [1.807, 2.05) is 0 Å². The normalized spacial score (nSPS) is 14.9. The zero-order valence-corrected chi connectivity index (χ0v) is 16.4. The van der Waals surface area contributed by atoms with Crippen LogP contribution in [-0.4, -0.2) is 26.3 Å². The number of alkyl halides is 2. The molecule has 0 spiro atoms. The Hall–Kier alpha value is -2.88. The van der Waals surface area contributed by atoms with Crippen molar-refractivity contribution in [2.75, 3.05) is 5.32 Å². The molecule has 0 bridgehead atoms. The molecular weight excluding hydrogens is 400 g/mol. The van der Waals surface area contributed by atoms with Gasteiger partial charge in [-0.25, -0.2) is 9.97 Å². The number of nitrogens with zero attached hydrogens (tertiary/aromatic N) is 3. The Balaban J connectivity index is 1.42. The minimum atomic E-state index is -2.77. The summed E-state index contributed by atoms with van der Waals surface area (Å²) in [5.74, 6) is -0.253. The van der Waals surface area contributed by atoms with Crippen molar-refractivity contribution in [3.05, 3.63) is 41.2 Å². The van der Waals surface area contributed by atoms with Crippen LogP contribution in [0.5, 0.6) is 0 Å². The molecule has 1 saturated carbocycles. The Bertz CT molecular complexity index is 1060. The third kappa shape index (κ3) is 4.26. The van der Waals surface area contributed by atoms with E-state index in [4.69, 9.17) is 0 Å². The molecule has 4 rings (SSSR count). The predicted molar refractivity (Wildman–Crippen MR) is 105 cm³/mol. The average Bonchev–Trinajstić information content (AvgIpc) is 3.32. The van der Waals surface area contributed by atoms with Gasteiger partial charge in [-0.2, -0.15) is 8.78 Å². The molecule has 1 aromatic carbocycles. The van der Waals surface area contributed by atoms with Crippen molar-refractivity contribution in [3.63, 3.8) is 0 Å². The SMILES string of the molecule is CC(NC(=O)Cc1csc(NC(=O)C2CC2)n1)c1nc2ccccc2n1C(F)F. The first kappa shape index (κ1) is 19.4. The van der Waals surface area contributed by atoms with Gasteiger partial charge < -0.3 is 10.6 Å². The molecule has 0 saturated heterocycles. The summed E-state index contributed by atoms with van der Waals surface area (Å²) >= 11 is 1.25. The summed E-state index contributed by atoms with van der Waals surface area (Å²) in [5, 5.41) is 7.59. The number of rotatable bonds is 7. The number of nitrogens with one attached hydrogen (secondary N) is 2. The highest BCUT2D eigenvalue weighted by molar-refractivity contribution is 7.13. The van der Waals surface area contributed by atoms with Crippen LogP contribution in [0.2, 0.25) is 0 Å². The first-order valence-corrected chi connectivity index (χ1v) is 10.1. The van der Waals surface area contributed by atoms with Crippen LogP contribution in [0.25, 0.3) is 11.0 Å². The molecule has 7 nitrogen and oxygen atoms in total. The molecule has 2 amide bonds. The maximum absolute atomic E-state index is 13.6. The van der Waals surface area contributed by atoms with Gasteiger partial charge in [-0.3, -0.25) is 14.2 Å². The number of hydrogen-bond donors (Lipinski definition) is 2. The van der Waals surface area contributed by atoms with Crippen molar-refractivity contribution in [2.45, 2.75) is 38.8 Å². The second-order valence-electron chi connectivity index (χ2n) is 6.98. The molecule has 1 fully saturated rings. The number of anilines is 1. The number of carbonyl (C=O) groups is 2. The molecular formula is C19H19F2N5O2S. The molecule has 1 atom stereocenters. The summed E-state index contributed by atoms with van der Waals surface area (Å²) in [6.07, 6.45) is 1.77. The summed E-state index contributed by atoms with van der Waals surface area (Å²) in [6, 6.07) is 5.90. The van der Waals surface area contributed by atoms with Gasteiger partial charge in [-0.15, -0.1) is 11.3 Å². The number of amides is 2. The summed E-state index contributed by atoms with van der Waals surface area (Å²) < 4.78 is 28.0. The molecule has 2 N–H and O–H groups in total.